The summed E-state index contributed by atoms with van der Waals surface area (Å²) in [5.74, 6) is 0.882. The average Bonchev–Trinajstić information content (AvgIpc) is 2.63. The Bertz CT molecular complexity index is 836. The first-order chi connectivity index (χ1) is 12.6. The Labute approximate surface area is 184 Å². The van der Waals surface area contributed by atoms with Gasteiger partial charge in [0, 0.05) is 41.3 Å². The summed E-state index contributed by atoms with van der Waals surface area (Å²) in [5.41, 5.74) is 2.29. The van der Waals surface area contributed by atoms with Crippen LogP contribution < -0.4 is 15.4 Å². The summed E-state index contributed by atoms with van der Waals surface area (Å²) in [5, 5.41) is 7.47. The maximum absolute atomic E-state index is 13.8. The monoisotopic (exact) mass is 525 g/mol. The predicted molar refractivity (Wildman–Crippen MR) is 116 cm³/mol. The molecule has 1 heterocycles. The quantitative estimate of drug-likeness (QED) is 0.351. The molecule has 0 aromatic heterocycles. The fourth-order valence-corrected chi connectivity index (χ4v) is 3.11. The van der Waals surface area contributed by atoms with Gasteiger partial charge in [0.05, 0.1) is 6.61 Å². The summed E-state index contributed by atoms with van der Waals surface area (Å²) in [4.78, 5) is 4.17. The van der Waals surface area contributed by atoms with Crippen molar-refractivity contribution in [1.82, 2.24) is 10.6 Å². The Hall–Kier alpha value is -1.29. The smallest absolute Gasteiger partial charge is 0.191 e. The van der Waals surface area contributed by atoms with Crippen LogP contribution in [0.3, 0.4) is 0 Å². The first-order valence-electron chi connectivity index (χ1n) is 7.97. The highest BCUT2D eigenvalue weighted by molar-refractivity contribution is 14.0. The van der Waals surface area contributed by atoms with Crippen molar-refractivity contribution >= 4 is 53.1 Å². The summed E-state index contributed by atoms with van der Waals surface area (Å²) >= 11 is 12.1. The van der Waals surface area contributed by atoms with E-state index in [1.165, 1.54) is 12.1 Å². The van der Waals surface area contributed by atoms with E-state index in [1.54, 1.807) is 19.2 Å². The largest absolute Gasteiger partial charge is 0.467 e. The molecule has 5 nitrogen and oxygen atoms in total. The zero-order valence-electron chi connectivity index (χ0n) is 14.5. The third-order valence-electron chi connectivity index (χ3n) is 3.88. The lowest BCUT2D eigenvalue weighted by Gasteiger charge is -2.21. The Balaban J connectivity index is 0.00000261. The van der Waals surface area contributed by atoms with Crippen molar-refractivity contribution < 1.29 is 13.9 Å². The minimum atomic E-state index is -0.328. The van der Waals surface area contributed by atoms with Gasteiger partial charge in [-0.2, -0.15) is 0 Å². The number of nitrogens with one attached hydrogen (secondary N) is 2. The lowest BCUT2D eigenvalue weighted by atomic mass is 10.1. The molecule has 0 unspecified atom stereocenters. The Morgan fingerprint density at radius 3 is 2.59 bits per heavy atom. The lowest BCUT2D eigenvalue weighted by Crippen LogP contribution is -2.36. The van der Waals surface area contributed by atoms with E-state index in [0.29, 0.717) is 52.6 Å². The molecule has 0 saturated heterocycles. The SMILES string of the molecule is CN=C(NCc1ccc(Cl)cc1Cl)NCc1cc(F)cc2c1OCOC2.I. The van der Waals surface area contributed by atoms with Crippen LogP contribution in [0, 0.1) is 5.82 Å². The number of ether oxygens (including phenoxy) is 2. The summed E-state index contributed by atoms with van der Waals surface area (Å²) in [6.45, 7) is 1.32. The van der Waals surface area contributed by atoms with E-state index in [2.05, 4.69) is 15.6 Å². The van der Waals surface area contributed by atoms with Crippen LogP contribution in [0.2, 0.25) is 10.0 Å². The molecule has 0 saturated carbocycles. The molecule has 146 valence electrons. The van der Waals surface area contributed by atoms with Gasteiger partial charge in [-0.3, -0.25) is 4.99 Å². The van der Waals surface area contributed by atoms with Crippen LogP contribution in [0.4, 0.5) is 4.39 Å². The minimum Gasteiger partial charge on any atom is -0.467 e. The van der Waals surface area contributed by atoms with Gasteiger partial charge >= 0.3 is 0 Å². The van der Waals surface area contributed by atoms with Crippen molar-refractivity contribution in [2.24, 2.45) is 4.99 Å². The van der Waals surface area contributed by atoms with Gasteiger partial charge in [-0.05, 0) is 29.8 Å². The van der Waals surface area contributed by atoms with Crippen LogP contribution in [0.5, 0.6) is 5.75 Å². The minimum absolute atomic E-state index is 0. The second kappa shape index (κ2) is 10.3. The molecule has 0 fully saturated rings. The van der Waals surface area contributed by atoms with Gasteiger partial charge in [-0.1, -0.05) is 29.3 Å². The molecule has 1 aliphatic heterocycles. The summed E-state index contributed by atoms with van der Waals surface area (Å²) < 4.78 is 24.5. The molecule has 0 radical (unpaired) electrons. The molecule has 1 aliphatic rings. The number of hydrogen-bond donors (Lipinski definition) is 2. The summed E-state index contributed by atoms with van der Waals surface area (Å²) in [6.07, 6.45) is 0. The lowest BCUT2D eigenvalue weighted by molar-refractivity contribution is -0.0172. The standard InChI is InChI=1S/C18H18Cl2FN3O2.HI/c1-22-18(23-7-11-2-3-14(19)6-16(11)20)24-8-12-4-15(21)5-13-9-25-10-26-17(12)13;/h2-6H,7-10H2,1H3,(H2,22,23,24);1H. The zero-order chi connectivity index (χ0) is 18.5. The third-order valence-corrected chi connectivity index (χ3v) is 4.47. The molecular formula is C18H19Cl2FIN3O2. The fourth-order valence-electron chi connectivity index (χ4n) is 2.63. The maximum Gasteiger partial charge on any atom is 0.191 e. The molecule has 0 aliphatic carbocycles. The predicted octanol–water partition coefficient (Wildman–Crippen LogP) is 4.48. The number of fused-ring (bicyclic) bond motifs is 1. The fraction of sp³-hybridized carbons (Fsp3) is 0.278. The molecule has 2 N–H and O–H groups in total. The van der Waals surface area contributed by atoms with Gasteiger partial charge in [0.1, 0.15) is 11.6 Å². The van der Waals surface area contributed by atoms with E-state index in [1.807, 2.05) is 6.07 Å². The Morgan fingerprint density at radius 2 is 1.89 bits per heavy atom. The van der Waals surface area contributed by atoms with Crippen molar-refractivity contribution in [2.75, 3.05) is 13.8 Å². The summed E-state index contributed by atoms with van der Waals surface area (Å²) in [6, 6.07) is 8.18. The van der Waals surface area contributed by atoms with E-state index >= 15 is 0 Å². The van der Waals surface area contributed by atoms with Gasteiger partial charge in [0.25, 0.3) is 0 Å². The van der Waals surface area contributed by atoms with Gasteiger partial charge in [0.2, 0.25) is 0 Å². The van der Waals surface area contributed by atoms with Crippen molar-refractivity contribution in [3.8, 4) is 5.75 Å². The first kappa shape index (κ1) is 22.0. The van der Waals surface area contributed by atoms with Crippen LogP contribution >= 0.6 is 47.2 Å². The molecule has 0 amide bonds. The number of hydrogen-bond acceptors (Lipinski definition) is 3. The van der Waals surface area contributed by atoms with Gasteiger partial charge < -0.3 is 20.1 Å². The molecule has 27 heavy (non-hydrogen) atoms. The zero-order valence-corrected chi connectivity index (χ0v) is 18.4. The summed E-state index contributed by atoms with van der Waals surface area (Å²) in [7, 11) is 1.66. The molecule has 2 aromatic rings. The molecule has 0 bridgehead atoms. The highest BCUT2D eigenvalue weighted by Crippen LogP contribution is 2.29. The average molecular weight is 526 g/mol. The number of nitrogens with zero attached hydrogens (tertiary/aromatic N) is 1. The molecule has 0 atom stereocenters. The number of halogens is 4. The van der Waals surface area contributed by atoms with Crippen LogP contribution in [0.25, 0.3) is 0 Å². The van der Waals surface area contributed by atoms with Crippen LogP contribution in [-0.4, -0.2) is 19.8 Å². The maximum atomic E-state index is 13.8. The van der Waals surface area contributed by atoms with Gasteiger partial charge in [-0.15, -0.1) is 24.0 Å². The van der Waals surface area contributed by atoms with E-state index in [4.69, 9.17) is 32.7 Å². The second-order valence-corrected chi connectivity index (χ2v) is 6.52. The molecule has 3 rings (SSSR count). The van der Waals surface area contributed by atoms with Crippen LogP contribution in [0.15, 0.2) is 35.3 Å². The van der Waals surface area contributed by atoms with Crippen molar-refractivity contribution in [2.45, 2.75) is 19.7 Å². The van der Waals surface area contributed by atoms with E-state index in [-0.39, 0.29) is 36.6 Å². The first-order valence-corrected chi connectivity index (χ1v) is 8.72. The van der Waals surface area contributed by atoms with Crippen molar-refractivity contribution in [1.29, 1.82) is 0 Å². The number of aliphatic imine (C=N–C) groups is 1. The normalized spacial score (nSPS) is 13.3. The van der Waals surface area contributed by atoms with Crippen molar-refractivity contribution in [3.63, 3.8) is 0 Å². The van der Waals surface area contributed by atoms with Crippen LogP contribution in [0.1, 0.15) is 16.7 Å². The van der Waals surface area contributed by atoms with Crippen LogP contribution in [-0.2, 0) is 24.4 Å². The van der Waals surface area contributed by atoms with Crippen molar-refractivity contribution in [3.05, 3.63) is 62.9 Å². The molecule has 2 aromatic carbocycles. The molecular weight excluding hydrogens is 507 g/mol. The Kier molecular flexibility index (Phi) is 8.40. The number of guanidine groups is 1. The molecule has 9 heteroatoms. The Morgan fingerprint density at radius 1 is 1.15 bits per heavy atom. The second-order valence-electron chi connectivity index (χ2n) is 5.68. The highest BCUT2D eigenvalue weighted by atomic mass is 127. The van der Waals surface area contributed by atoms with E-state index in [0.717, 1.165) is 5.56 Å². The topological polar surface area (TPSA) is 54.9 Å². The van der Waals surface area contributed by atoms with Gasteiger partial charge in [-0.25, -0.2) is 4.39 Å². The molecule has 0 spiro atoms. The van der Waals surface area contributed by atoms with Gasteiger partial charge in [0.15, 0.2) is 12.8 Å². The third kappa shape index (κ3) is 5.84. The highest BCUT2D eigenvalue weighted by Gasteiger charge is 2.17. The van der Waals surface area contributed by atoms with E-state index in [9.17, 15) is 4.39 Å². The number of benzene rings is 2. The van der Waals surface area contributed by atoms with E-state index < -0.39 is 0 Å². The number of rotatable bonds is 4.